The van der Waals surface area contributed by atoms with Crippen LogP contribution in [0.3, 0.4) is 0 Å². The number of aliphatic hydroxyl groups excluding tert-OH is 1. The van der Waals surface area contributed by atoms with Crippen LogP contribution in [-0.2, 0) is 14.2 Å². The van der Waals surface area contributed by atoms with Crippen molar-refractivity contribution < 1.29 is 24.1 Å². The van der Waals surface area contributed by atoms with Crippen molar-refractivity contribution in [2.24, 2.45) is 17.3 Å². The van der Waals surface area contributed by atoms with Crippen LogP contribution in [0.15, 0.2) is 18.2 Å². The van der Waals surface area contributed by atoms with Crippen LogP contribution >= 0.6 is 0 Å². The van der Waals surface area contributed by atoms with E-state index in [-0.39, 0.29) is 30.5 Å². The number of hydrogen-bond donors (Lipinski definition) is 1. The molecule has 1 N–H and O–H groups in total. The standard InChI is InChI=1S/C29H42O5/c1-29-13-12-22-21-9-8-20(33-27-6-2-4-14-31-27)17-23(21)19(18-30)16-24(22)25(29)10-11-26(29)34-28-7-3-5-15-32-28/h8-9,17,19,22,24-28,30H,2-7,10-16,18H2,1H3/t19?,22?,24?,25?,26-,27?,28?,29-/m0/s1. The highest BCUT2D eigenvalue weighted by Gasteiger charge is 2.56. The molecule has 4 fully saturated rings. The van der Waals surface area contributed by atoms with Gasteiger partial charge in [0.15, 0.2) is 12.6 Å². The van der Waals surface area contributed by atoms with Crippen molar-refractivity contribution in [1.82, 2.24) is 0 Å². The van der Waals surface area contributed by atoms with Crippen molar-refractivity contribution in [2.45, 2.75) is 108 Å². The molecule has 0 amide bonds. The van der Waals surface area contributed by atoms with E-state index in [1.165, 1.54) is 36.8 Å². The maximum absolute atomic E-state index is 10.4. The lowest BCUT2D eigenvalue weighted by atomic mass is 9.54. The smallest absolute Gasteiger partial charge is 0.199 e. The van der Waals surface area contributed by atoms with Crippen molar-refractivity contribution in [3.05, 3.63) is 29.3 Å². The van der Waals surface area contributed by atoms with E-state index in [2.05, 4.69) is 25.1 Å². The summed E-state index contributed by atoms with van der Waals surface area (Å²) in [5.74, 6) is 2.95. The summed E-state index contributed by atoms with van der Waals surface area (Å²) in [6, 6.07) is 6.65. The van der Waals surface area contributed by atoms with Crippen molar-refractivity contribution in [2.75, 3.05) is 19.8 Å². The topological polar surface area (TPSA) is 57.2 Å². The minimum absolute atomic E-state index is 0.00381. The molecule has 2 saturated carbocycles. The molecule has 0 spiro atoms. The first-order chi connectivity index (χ1) is 16.7. The molecule has 2 aliphatic heterocycles. The van der Waals surface area contributed by atoms with Gasteiger partial charge in [0.2, 0.25) is 0 Å². The van der Waals surface area contributed by atoms with Gasteiger partial charge in [-0.3, -0.25) is 0 Å². The Kier molecular flexibility index (Phi) is 6.66. The summed E-state index contributed by atoms with van der Waals surface area (Å²) >= 11 is 0. The zero-order valence-corrected chi connectivity index (χ0v) is 20.8. The summed E-state index contributed by atoms with van der Waals surface area (Å²) in [6.07, 6.45) is 12.7. The SMILES string of the molecule is C[C@]12CCC3c4ccc(OC5CCCCO5)cc4C(CO)CC3C1CC[C@@H]2OC1CCCCO1. The fourth-order valence-electron chi connectivity index (χ4n) is 8.08. The van der Waals surface area contributed by atoms with E-state index in [4.69, 9.17) is 18.9 Å². The van der Waals surface area contributed by atoms with Crippen molar-refractivity contribution >= 4 is 0 Å². The molecule has 188 valence electrons. The fourth-order valence-corrected chi connectivity index (χ4v) is 8.08. The zero-order valence-electron chi connectivity index (χ0n) is 20.8. The Morgan fingerprint density at radius 2 is 1.74 bits per heavy atom. The van der Waals surface area contributed by atoms with Crippen molar-refractivity contribution in [1.29, 1.82) is 0 Å². The van der Waals surface area contributed by atoms with Gasteiger partial charge in [0.25, 0.3) is 0 Å². The third-order valence-electron chi connectivity index (χ3n) is 9.88. The first-order valence-corrected chi connectivity index (χ1v) is 14.0. The van der Waals surface area contributed by atoms with Gasteiger partial charge >= 0.3 is 0 Å². The molecular weight excluding hydrogens is 428 g/mol. The maximum atomic E-state index is 10.4. The molecule has 8 atom stereocenters. The molecule has 0 aromatic heterocycles. The lowest BCUT2D eigenvalue weighted by Gasteiger charge is -2.52. The predicted octanol–water partition coefficient (Wildman–Crippen LogP) is 5.89. The van der Waals surface area contributed by atoms with Crippen LogP contribution in [0.5, 0.6) is 5.75 Å². The van der Waals surface area contributed by atoms with Crippen LogP contribution in [0.25, 0.3) is 0 Å². The summed E-state index contributed by atoms with van der Waals surface area (Å²) in [7, 11) is 0. The molecule has 2 heterocycles. The monoisotopic (exact) mass is 470 g/mol. The van der Waals surface area contributed by atoms with E-state index in [1.807, 2.05) is 0 Å². The van der Waals surface area contributed by atoms with Crippen LogP contribution < -0.4 is 4.74 Å². The molecule has 5 heteroatoms. The minimum Gasteiger partial charge on any atom is -0.465 e. The number of benzene rings is 1. The molecule has 1 aromatic carbocycles. The van der Waals surface area contributed by atoms with Gasteiger partial charge in [0, 0.05) is 25.6 Å². The molecule has 6 rings (SSSR count). The third kappa shape index (κ3) is 4.21. The number of aliphatic hydroxyl groups is 1. The molecule has 5 aliphatic rings. The highest BCUT2D eigenvalue weighted by atomic mass is 16.7. The first kappa shape index (κ1) is 23.3. The molecule has 6 unspecified atom stereocenters. The van der Waals surface area contributed by atoms with E-state index in [0.29, 0.717) is 23.9 Å². The van der Waals surface area contributed by atoms with Gasteiger partial charge in [-0.1, -0.05) is 13.0 Å². The summed E-state index contributed by atoms with van der Waals surface area (Å²) in [5, 5.41) is 10.4. The van der Waals surface area contributed by atoms with E-state index in [1.54, 1.807) is 0 Å². The Labute approximate surface area is 204 Å². The number of ether oxygens (including phenoxy) is 4. The predicted molar refractivity (Wildman–Crippen MR) is 130 cm³/mol. The van der Waals surface area contributed by atoms with Gasteiger partial charge in [0.05, 0.1) is 12.7 Å². The van der Waals surface area contributed by atoms with Gasteiger partial charge in [0.1, 0.15) is 5.75 Å². The van der Waals surface area contributed by atoms with Crippen molar-refractivity contribution in [3.8, 4) is 5.75 Å². The number of rotatable bonds is 5. The first-order valence-electron chi connectivity index (χ1n) is 14.0. The van der Waals surface area contributed by atoms with Crippen LogP contribution in [0.4, 0.5) is 0 Å². The molecule has 0 radical (unpaired) electrons. The summed E-state index contributed by atoms with van der Waals surface area (Å²) in [5.41, 5.74) is 2.98. The molecule has 3 aliphatic carbocycles. The lowest BCUT2D eigenvalue weighted by molar-refractivity contribution is -0.213. The Morgan fingerprint density at radius 1 is 0.941 bits per heavy atom. The number of hydrogen-bond acceptors (Lipinski definition) is 5. The Morgan fingerprint density at radius 3 is 2.47 bits per heavy atom. The average Bonchev–Trinajstić information content (AvgIpc) is 3.20. The van der Waals surface area contributed by atoms with E-state index in [9.17, 15) is 5.11 Å². The van der Waals surface area contributed by atoms with E-state index in [0.717, 1.165) is 63.9 Å². The zero-order chi connectivity index (χ0) is 23.1. The summed E-state index contributed by atoms with van der Waals surface area (Å²) in [4.78, 5) is 0. The highest BCUT2D eigenvalue weighted by molar-refractivity contribution is 5.43. The van der Waals surface area contributed by atoms with Crippen molar-refractivity contribution in [3.63, 3.8) is 0 Å². The van der Waals surface area contributed by atoms with E-state index >= 15 is 0 Å². The highest BCUT2D eigenvalue weighted by Crippen LogP contribution is 2.63. The second-order valence-corrected chi connectivity index (χ2v) is 11.7. The molecule has 0 bridgehead atoms. The lowest BCUT2D eigenvalue weighted by Crippen LogP contribution is -2.46. The average molecular weight is 471 g/mol. The van der Waals surface area contributed by atoms with Gasteiger partial charge in [-0.25, -0.2) is 0 Å². The summed E-state index contributed by atoms with van der Waals surface area (Å²) in [6.45, 7) is 4.32. The number of fused-ring (bicyclic) bond motifs is 5. The third-order valence-corrected chi connectivity index (χ3v) is 9.88. The quantitative estimate of drug-likeness (QED) is 0.581. The van der Waals surface area contributed by atoms with Crippen LogP contribution in [0.2, 0.25) is 0 Å². The second kappa shape index (κ2) is 9.72. The fraction of sp³-hybridized carbons (Fsp3) is 0.793. The summed E-state index contributed by atoms with van der Waals surface area (Å²) < 4.78 is 24.5. The van der Waals surface area contributed by atoms with Gasteiger partial charge in [-0.2, -0.15) is 0 Å². The second-order valence-electron chi connectivity index (χ2n) is 11.7. The van der Waals surface area contributed by atoms with Crippen LogP contribution in [0, 0.1) is 17.3 Å². The Bertz CT molecular complexity index is 845. The normalized spacial score (nSPS) is 41.9. The Hall–Kier alpha value is -1.14. The van der Waals surface area contributed by atoms with E-state index < -0.39 is 0 Å². The van der Waals surface area contributed by atoms with Gasteiger partial charge in [-0.05, 0) is 111 Å². The molecule has 5 nitrogen and oxygen atoms in total. The van der Waals surface area contributed by atoms with Gasteiger partial charge in [-0.15, -0.1) is 0 Å². The maximum Gasteiger partial charge on any atom is 0.199 e. The minimum atomic E-state index is -0.130. The molecule has 2 saturated heterocycles. The molecule has 1 aromatic rings. The molecule has 34 heavy (non-hydrogen) atoms. The van der Waals surface area contributed by atoms with Crippen LogP contribution in [-0.4, -0.2) is 43.6 Å². The van der Waals surface area contributed by atoms with Crippen LogP contribution in [0.1, 0.15) is 101 Å². The Balaban J connectivity index is 1.21. The largest absolute Gasteiger partial charge is 0.465 e. The van der Waals surface area contributed by atoms with Gasteiger partial charge < -0.3 is 24.1 Å². The molecular formula is C29H42O5.